The molecule has 1 N–H and O–H groups in total. The third-order valence-electron chi connectivity index (χ3n) is 5.58. The van der Waals surface area contributed by atoms with Gasteiger partial charge in [-0.2, -0.15) is 0 Å². The molecular formula is C24H30N2O4S. The van der Waals surface area contributed by atoms with Crippen molar-refractivity contribution in [3.63, 3.8) is 0 Å². The second-order valence-electron chi connectivity index (χ2n) is 7.84. The number of urea groups is 1. The summed E-state index contributed by atoms with van der Waals surface area (Å²) in [7, 11) is -2.15. The van der Waals surface area contributed by atoms with Gasteiger partial charge in [-0.15, -0.1) is 0 Å². The van der Waals surface area contributed by atoms with E-state index in [1.807, 2.05) is 30.3 Å². The normalized spacial score (nSPS) is 15.2. The highest BCUT2D eigenvalue weighted by atomic mass is 32.2. The summed E-state index contributed by atoms with van der Waals surface area (Å²) < 4.78 is 31.8. The summed E-state index contributed by atoms with van der Waals surface area (Å²) in [6, 6.07) is 16.7. The van der Waals surface area contributed by atoms with Gasteiger partial charge in [0, 0.05) is 13.1 Å². The summed E-state index contributed by atoms with van der Waals surface area (Å²) >= 11 is 0. The summed E-state index contributed by atoms with van der Waals surface area (Å²) in [5, 5.41) is 1.03. The molecule has 2 aromatic carbocycles. The molecule has 1 heterocycles. The maximum absolute atomic E-state index is 12.4. The van der Waals surface area contributed by atoms with Gasteiger partial charge in [0.2, 0.25) is 0 Å². The molecule has 0 spiro atoms. The van der Waals surface area contributed by atoms with Gasteiger partial charge in [0.15, 0.2) is 0 Å². The number of aryl methyl sites for hydroxylation is 1. The number of sulfonamides is 1. The Hall–Kier alpha value is -2.80. The summed E-state index contributed by atoms with van der Waals surface area (Å²) in [4.78, 5) is 14.0. The molecule has 0 radical (unpaired) electrons. The van der Waals surface area contributed by atoms with Gasteiger partial charge in [0.25, 0.3) is 10.0 Å². The molecule has 1 aliphatic rings. The van der Waals surface area contributed by atoms with E-state index in [9.17, 15) is 13.2 Å². The van der Waals surface area contributed by atoms with Crippen molar-refractivity contribution in [2.75, 3.05) is 20.2 Å². The Morgan fingerprint density at radius 1 is 1.13 bits per heavy atom. The van der Waals surface area contributed by atoms with Crippen LogP contribution in [0.3, 0.4) is 0 Å². The SMILES string of the molecule is COc1cccc(CCCC2CCN(C(=O)NS(=O)(=O)/C=C/c3ccccc3)CC2)c1. The number of methoxy groups -OCH3 is 1. The number of rotatable bonds is 8. The number of carbonyl (C=O) groups is 1. The molecular weight excluding hydrogens is 412 g/mol. The second-order valence-corrected chi connectivity index (χ2v) is 9.41. The van der Waals surface area contributed by atoms with Crippen LogP contribution in [0.15, 0.2) is 60.0 Å². The number of ether oxygens (including phenoxy) is 1. The highest BCUT2D eigenvalue weighted by Crippen LogP contribution is 2.23. The monoisotopic (exact) mass is 442 g/mol. The number of carbonyl (C=O) groups excluding carboxylic acids is 1. The van der Waals surface area contributed by atoms with Crippen molar-refractivity contribution in [1.82, 2.24) is 9.62 Å². The zero-order valence-electron chi connectivity index (χ0n) is 17.9. The Kier molecular flexibility index (Phi) is 8.12. The van der Waals surface area contributed by atoms with Crippen molar-refractivity contribution >= 4 is 22.1 Å². The number of nitrogens with zero attached hydrogens (tertiary/aromatic N) is 1. The van der Waals surface area contributed by atoms with Crippen LogP contribution in [-0.4, -0.2) is 39.5 Å². The van der Waals surface area contributed by atoms with Crippen LogP contribution >= 0.6 is 0 Å². The Morgan fingerprint density at radius 2 is 1.87 bits per heavy atom. The highest BCUT2D eigenvalue weighted by molar-refractivity contribution is 7.93. The molecule has 0 aromatic heterocycles. The van der Waals surface area contributed by atoms with Gasteiger partial charge in [-0.05, 0) is 67.4 Å². The third kappa shape index (κ3) is 7.43. The lowest BCUT2D eigenvalue weighted by Gasteiger charge is -2.31. The zero-order valence-corrected chi connectivity index (χ0v) is 18.7. The van der Waals surface area contributed by atoms with Gasteiger partial charge in [-0.3, -0.25) is 0 Å². The first-order valence-corrected chi connectivity index (χ1v) is 12.2. The summed E-state index contributed by atoms with van der Waals surface area (Å²) in [6.45, 7) is 1.15. The molecule has 0 aliphatic carbocycles. The van der Waals surface area contributed by atoms with E-state index in [0.29, 0.717) is 19.0 Å². The van der Waals surface area contributed by atoms with Crippen molar-refractivity contribution in [2.24, 2.45) is 5.92 Å². The van der Waals surface area contributed by atoms with Crippen LogP contribution in [-0.2, 0) is 16.4 Å². The van der Waals surface area contributed by atoms with E-state index in [2.05, 4.69) is 16.9 Å². The van der Waals surface area contributed by atoms with Crippen molar-refractivity contribution in [3.8, 4) is 5.75 Å². The molecule has 2 aromatic rings. The lowest BCUT2D eigenvalue weighted by molar-refractivity contribution is 0.172. The topological polar surface area (TPSA) is 75.7 Å². The molecule has 6 nitrogen and oxygen atoms in total. The Morgan fingerprint density at radius 3 is 2.58 bits per heavy atom. The maximum atomic E-state index is 12.4. The van der Waals surface area contributed by atoms with E-state index in [1.54, 1.807) is 24.1 Å². The van der Waals surface area contributed by atoms with E-state index in [1.165, 1.54) is 11.6 Å². The molecule has 0 atom stereocenters. The third-order valence-corrected chi connectivity index (χ3v) is 6.54. The van der Waals surface area contributed by atoms with Gasteiger partial charge >= 0.3 is 6.03 Å². The number of piperidine rings is 1. The van der Waals surface area contributed by atoms with Gasteiger partial charge in [0.05, 0.1) is 12.5 Å². The van der Waals surface area contributed by atoms with Crippen LogP contribution in [0.2, 0.25) is 0 Å². The van der Waals surface area contributed by atoms with E-state index >= 15 is 0 Å². The first-order chi connectivity index (χ1) is 14.9. The predicted octanol–water partition coefficient (Wildman–Crippen LogP) is 4.44. The van der Waals surface area contributed by atoms with Crippen LogP contribution in [0.4, 0.5) is 4.79 Å². The largest absolute Gasteiger partial charge is 0.497 e. The lowest BCUT2D eigenvalue weighted by Crippen LogP contribution is -2.45. The minimum atomic E-state index is -3.82. The Labute approximate surface area is 185 Å². The van der Waals surface area contributed by atoms with E-state index in [4.69, 9.17) is 4.74 Å². The highest BCUT2D eigenvalue weighted by Gasteiger charge is 2.24. The van der Waals surface area contributed by atoms with E-state index in [-0.39, 0.29) is 0 Å². The molecule has 3 rings (SSSR count). The number of hydrogen-bond acceptors (Lipinski definition) is 4. The molecule has 0 unspecified atom stereocenters. The van der Waals surface area contributed by atoms with E-state index in [0.717, 1.165) is 48.8 Å². The summed E-state index contributed by atoms with van der Waals surface area (Å²) in [6.07, 6.45) is 6.46. The van der Waals surface area contributed by atoms with Crippen LogP contribution < -0.4 is 9.46 Å². The molecule has 0 bridgehead atoms. The van der Waals surface area contributed by atoms with Crippen LogP contribution in [0, 0.1) is 5.92 Å². The quantitative estimate of drug-likeness (QED) is 0.656. The fraction of sp³-hybridized carbons (Fsp3) is 0.375. The number of likely N-dealkylation sites (tertiary alicyclic amines) is 1. The minimum absolute atomic E-state index is 0.549. The molecule has 166 valence electrons. The fourth-order valence-electron chi connectivity index (χ4n) is 3.80. The molecule has 0 saturated carbocycles. The van der Waals surface area contributed by atoms with Crippen molar-refractivity contribution < 1.29 is 17.9 Å². The summed E-state index contributed by atoms with van der Waals surface area (Å²) in [5.74, 6) is 1.44. The predicted molar refractivity (Wildman–Crippen MR) is 123 cm³/mol. The standard InChI is InChI=1S/C24H30N2O4S/c1-30-23-12-6-11-22(19-23)10-5-9-21-13-16-26(17-14-21)24(27)25-31(28,29)18-15-20-7-3-2-4-8-20/h2-4,6-8,11-12,15,18-19,21H,5,9-10,13-14,16-17H2,1H3,(H,25,27)/b18-15+. The molecule has 1 aliphatic heterocycles. The minimum Gasteiger partial charge on any atom is -0.497 e. The van der Waals surface area contributed by atoms with Crippen LogP contribution in [0.5, 0.6) is 5.75 Å². The van der Waals surface area contributed by atoms with Crippen molar-refractivity contribution in [3.05, 3.63) is 71.1 Å². The average molecular weight is 443 g/mol. The molecule has 7 heteroatoms. The molecule has 1 saturated heterocycles. The number of amides is 2. The van der Waals surface area contributed by atoms with Crippen molar-refractivity contribution in [1.29, 1.82) is 0 Å². The molecule has 31 heavy (non-hydrogen) atoms. The van der Waals surface area contributed by atoms with Crippen LogP contribution in [0.1, 0.15) is 36.8 Å². The summed E-state index contributed by atoms with van der Waals surface area (Å²) in [5.41, 5.74) is 2.03. The number of nitrogens with one attached hydrogen (secondary N) is 1. The first-order valence-electron chi connectivity index (χ1n) is 10.6. The Balaban J connectivity index is 1.40. The van der Waals surface area contributed by atoms with Crippen molar-refractivity contribution in [2.45, 2.75) is 32.1 Å². The lowest BCUT2D eigenvalue weighted by atomic mass is 9.91. The zero-order chi connectivity index (χ0) is 22.1. The Bertz CT molecular complexity index is 982. The van der Waals surface area contributed by atoms with Gasteiger partial charge < -0.3 is 9.64 Å². The van der Waals surface area contributed by atoms with Crippen LogP contribution in [0.25, 0.3) is 6.08 Å². The van der Waals surface area contributed by atoms with Gasteiger partial charge in [0.1, 0.15) is 5.75 Å². The van der Waals surface area contributed by atoms with Gasteiger partial charge in [-0.1, -0.05) is 42.5 Å². The molecule has 1 fully saturated rings. The average Bonchev–Trinajstić information content (AvgIpc) is 2.79. The number of hydrogen-bond donors (Lipinski definition) is 1. The first kappa shape index (κ1) is 22.9. The van der Waals surface area contributed by atoms with E-state index < -0.39 is 16.1 Å². The maximum Gasteiger partial charge on any atom is 0.331 e. The molecule has 2 amide bonds. The fourth-order valence-corrected chi connectivity index (χ4v) is 4.58. The van der Waals surface area contributed by atoms with Gasteiger partial charge in [-0.25, -0.2) is 17.9 Å². The smallest absolute Gasteiger partial charge is 0.331 e. The second kappa shape index (κ2) is 11.0. The number of benzene rings is 2.